The first kappa shape index (κ1) is 12.5. The van der Waals surface area contributed by atoms with E-state index in [4.69, 9.17) is 14.9 Å². The summed E-state index contributed by atoms with van der Waals surface area (Å²) < 4.78 is 11.0. The summed E-state index contributed by atoms with van der Waals surface area (Å²) >= 11 is 0. The van der Waals surface area contributed by atoms with E-state index in [-0.39, 0.29) is 0 Å². The maximum Gasteiger partial charge on any atom is 0.227 e. The van der Waals surface area contributed by atoms with Gasteiger partial charge in [-0.05, 0) is 49.2 Å². The molecule has 1 aromatic heterocycles. The van der Waals surface area contributed by atoms with Gasteiger partial charge in [0.2, 0.25) is 5.89 Å². The van der Waals surface area contributed by atoms with Crippen molar-refractivity contribution >= 4 is 16.8 Å². The highest BCUT2D eigenvalue weighted by molar-refractivity contribution is 5.80. The minimum atomic E-state index is 0.570. The van der Waals surface area contributed by atoms with Crippen molar-refractivity contribution in [3.8, 4) is 17.2 Å². The van der Waals surface area contributed by atoms with Crippen molar-refractivity contribution in [2.75, 3.05) is 12.8 Å². The van der Waals surface area contributed by atoms with Crippen molar-refractivity contribution in [3.05, 3.63) is 41.5 Å². The van der Waals surface area contributed by atoms with Crippen molar-refractivity contribution in [1.29, 1.82) is 0 Å². The number of nitrogens with zero attached hydrogens (tertiary/aromatic N) is 1. The molecular weight excluding hydrogens is 252 g/mol. The standard InChI is InChI=1S/C16H16N2O2/c1-9-6-10(2)15-13(7-9)18-16(20-15)11-4-5-14(19-3)12(17)8-11/h4-8H,17H2,1-3H3. The van der Waals surface area contributed by atoms with E-state index in [9.17, 15) is 0 Å². The van der Waals surface area contributed by atoms with E-state index in [1.807, 2.05) is 38.1 Å². The number of hydrogen-bond donors (Lipinski definition) is 1. The summed E-state index contributed by atoms with van der Waals surface area (Å²) in [6.07, 6.45) is 0. The average Bonchev–Trinajstić information content (AvgIpc) is 2.82. The molecule has 0 spiro atoms. The Morgan fingerprint density at radius 2 is 1.95 bits per heavy atom. The lowest BCUT2D eigenvalue weighted by atomic mass is 10.1. The number of anilines is 1. The van der Waals surface area contributed by atoms with Crippen molar-refractivity contribution < 1.29 is 9.15 Å². The average molecular weight is 268 g/mol. The number of aromatic nitrogens is 1. The Kier molecular flexibility index (Phi) is 2.86. The predicted molar refractivity (Wildman–Crippen MR) is 79.9 cm³/mol. The van der Waals surface area contributed by atoms with E-state index in [1.165, 1.54) is 5.56 Å². The monoisotopic (exact) mass is 268 g/mol. The Morgan fingerprint density at radius 3 is 2.65 bits per heavy atom. The number of benzene rings is 2. The number of ether oxygens (including phenoxy) is 1. The minimum Gasteiger partial charge on any atom is -0.495 e. The Balaban J connectivity index is 2.15. The van der Waals surface area contributed by atoms with Gasteiger partial charge < -0.3 is 14.9 Å². The first-order valence-electron chi connectivity index (χ1n) is 6.40. The highest BCUT2D eigenvalue weighted by Gasteiger charge is 2.12. The molecule has 0 bridgehead atoms. The van der Waals surface area contributed by atoms with Gasteiger partial charge in [-0.1, -0.05) is 6.07 Å². The molecule has 102 valence electrons. The van der Waals surface area contributed by atoms with Gasteiger partial charge >= 0.3 is 0 Å². The third-order valence-corrected chi connectivity index (χ3v) is 3.30. The molecule has 0 aliphatic rings. The maximum atomic E-state index is 5.92. The third-order valence-electron chi connectivity index (χ3n) is 3.30. The molecule has 1 heterocycles. The summed E-state index contributed by atoms with van der Waals surface area (Å²) in [5, 5.41) is 0. The number of fused-ring (bicyclic) bond motifs is 1. The largest absolute Gasteiger partial charge is 0.495 e. The maximum absolute atomic E-state index is 5.92. The van der Waals surface area contributed by atoms with Crippen LogP contribution in [-0.4, -0.2) is 12.1 Å². The van der Waals surface area contributed by atoms with Gasteiger partial charge in [0.15, 0.2) is 5.58 Å². The summed E-state index contributed by atoms with van der Waals surface area (Å²) in [7, 11) is 1.59. The first-order valence-corrected chi connectivity index (χ1v) is 6.40. The summed E-state index contributed by atoms with van der Waals surface area (Å²) in [6, 6.07) is 9.62. The summed E-state index contributed by atoms with van der Waals surface area (Å²) in [6.45, 7) is 4.07. The minimum absolute atomic E-state index is 0.570. The molecule has 4 nitrogen and oxygen atoms in total. The topological polar surface area (TPSA) is 61.3 Å². The number of nitrogen functional groups attached to an aromatic ring is 1. The molecule has 3 rings (SSSR count). The molecule has 0 fully saturated rings. The molecule has 20 heavy (non-hydrogen) atoms. The van der Waals surface area contributed by atoms with Crippen molar-refractivity contribution in [3.63, 3.8) is 0 Å². The third kappa shape index (κ3) is 1.99. The molecule has 4 heteroatoms. The van der Waals surface area contributed by atoms with Gasteiger partial charge in [0.1, 0.15) is 11.3 Å². The van der Waals surface area contributed by atoms with Crippen LogP contribution in [0.4, 0.5) is 5.69 Å². The van der Waals surface area contributed by atoms with Gasteiger partial charge in [-0.3, -0.25) is 0 Å². The second-order valence-electron chi connectivity index (χ2n) is 4.91. The zero-order chi connectivity index (χ0) is 14.3. The van der Waals surface area contributed by atoms with Gasteiger partial charge in [-0.2, -0.15) is 0 Å². The number of aryl methyl sites for hydroxylation is 2. The molecule has 2 N–H and O–H groups in total. The Labute approximate surface area is 117 Å². The fourth-order valence-corrected chi connectivity index (χ4v) is 2.37. The van der Waals surface area contributed by atoms with Crippen LogP contribution in [0.25, 0.3) is 22.6 Å². The molecule has 2 aromatic carbocycles. The van der Waals surface area contributed by atoms with Crippen LogP contribution in [-0.2, 0) is 0 Å². The zero-order valence-electron chi connectivity index (χ0n) is 11.7. The molecule has 0 unspecified atom stereocenters. The second-order valence-corrected chi connectivity index (χ2v) is 4.91. The summed E-state index contributed by atoms with van der Waals surface area (Å²) in [5.41, 5.74) is 11.3. The van der Waals surface area contributed by atoms with Gasteiger partial charge in [0, 0.05) is 5.56 Å². The fourth-order valence-electron chi connectivity index (χ4n) is 2.37. The SMILES string of the molecule is COc1ccc(-c2nc3cc(C)cc(C)c3o2)cc1N. The van der Waals surface area contributed by atoms with Crippen LogP contribution in [0.3, 0.4) is 0 Å². The van der Waals surface area contributed by atoms with E-state index in [0.717, 1.165) is 22.2 Å². The zero-order valence-corrected chi connectivity index (χ0v) is 11.7. The van der Waals surface area contributed by atoms with Gasteiger partial charge in [-0.15, -0.1) is 0 Å². The molecule has 3 aromatic rings. The normalized spacial score (nSPS) is 10.9. The lowest BCUT2D eigenvalue weighted by Crippen LogP contribution is -1.92. The Morgan fingerprint density at radius 1 is 1.15 bits per heavy atom. The van der Waals surface area contributed by atoms with E-state index >= 15 is 0 Å². The van der Waals surface area contributed by atoms with Crippen LogP contribution in [0.5, 0.6) is 5.75 Å². The molecule has 0 saturated heterocycles. The Bertz CT molecular complexity index is 791. The molecule has 0 aliphatic carbocycles. The van der Waals surface area contributed by atoms with Crippen LogP contribution < -0.4 is 10.5 Å². The smallest absolute Gasteiger partial charge is 0.227 e. The fraction of sp³-hybridized carbons (Fsp3) is 0.188. The van der Waals surface area contributed by atoms with Crippen LogP contribution in [0.15, 0.2) is 34.7 Å². The van der Waals surface area contributed by atoms with E-state index < -0.39 is 0 Å². The number of nitrogens with two attached hydrogens (primary N) is 1. The van der Waals surface area contributed by atoms with Gasteiger partial charge in [-0.25, -0.2) is 4.98 Å². The predicted octanol–water partition coefficient (Wildman–Crippen LogP) is 3.70. The number of rotatable bonds is 2. The highest BCUT2D eigenvalue weighted by Crippen LogP contribution is 2.31. The van der Waals surface area contributed by atoms with E-state index in [1.54, 1.807) is 7.11 Å². The first-order chi connectivity index (χ1) is 9.58. The molecular formula is C16H16N2O2. The van der Waals surface area contributed by atoms with Crippen molar-refractivity contribution in [2.24, 2.45) is 0 Å². The van der Waals surface area contributed by atoms with E-state index in [0.29, 0.717) is 17.3 Å². The summed E-state index contributed by atoms with van der Waals surface area (Å²) in [4.78, 5) is 4.54. The highest BCUT2D eigenvalue weighted by atomic mass is 16.5. The second kappa shape index (κ2) is 4.56. The molecule has 0 aliphatic heterocycles. The van der Waals surface area contributed by atoms with Crippen LogP contribution in [0.1, 0.15) is 11.1 Å². The van der Waals surface area contributed by atoms with Gasteiger partial charge in [0.05, 0.1) is 12.8 Å². The van der Waals surface area contributed by atoms with Crippen LogP contribution in [0, 0.1) is 13.8 Å². The lowest BCUT2D eigenvalue weighted by Gasteiger charge is -2.04. The van der Waals surface area contributed by atoms with Crippen molar-refractivity contribution in [2.45, 2.75) is 13.8 Å². The van der Waals surface area contributed by atoms with Crippen molar-refractivity contribution in [1.82, 2.24) is 4.98 Å². The Hall–Kier alpha value is -2.49. The molecule has 0 atom stereocenters. The summed E-state index contributed by atoms with van der Waals surface area (Å²) in [5.74, 6) is 1.22. The number of methoxy groups -OCH3 is 1. The molecule has 0 amide bonds. The lowest BCUT2D eigenvalue weighted by molar-refractivity contribution is 0.417. The van der Waals surface area contributed by atoms with Crippen LogP contribution >= 0.6 is 0 Å². The molecule has 0 saturated carbocycles. The van der Waals surface area contributed by atoms with E-state index in [2.05, 4.69) is 11.1 Å². The van der Waals surface area contributed by atoms with Gasteiger partial charge in [0.25, 0.3) is 0 Å². The molecule has 0 radical (unpaired) electrons. The van der Waals surface area contributed by atoms with Crippen LogP contribution in [0.2, 0.25) is 0 Å². The quantitative estimate of drug-likeness (QED) is 0.720. The number of oxazole rings is 1. The number of hydrogen-bond acceptors (Lipinski definition) is 4.